The second-order valence-corrected chi connectivity index (χ2v) is 9.53. The second-order valence-electron chi connectivity index (χ2n) is 9.10. The average Bonchev–Trinajstić information content (AvgIpc) is 3.38. The topological polar surface area (TPSA) is 64.4 Å². The van der Waals surface area contributed by atoms with Crippen LogP contribution in [0.1, 0.15) is 18.9 Å². The Hall–Kier alpha value is -4.35. The van der Waals surface area contributed by atoms with Gasteiger partial charge >= 0.3 is 5.97 Å². The lowest BCUT2D eigenvalue weighted by Gasteiger charge is -2.15. The molecular weight excluding hydrogens is 496 g/mol. The molecule has 38 heavy (non-hydrogen) atoms. The van der Waals surface area contributed by atoms with Gasteiger partial charge in [-0.2, -0.15) is 5.10 Å². The molecule has 0 saturated heterocycles. The van der Waals surface area contributed by atoms with E-state index in [1.54, 1.807) is 13.0 Å². The van der Waals surface area contributed by atoms with E-state index in [0.717, 1.165) is 39.3 Å². The minimum atomic E-state index is -0.977. The van der Waals surface area contributed by atoms with Gasteiger partial charge in [-0.1, -0.05) is 84.8 Å². The van der Waals surface area contributed by atoms with Crippen molar-refractivity contribution in [2.75, 3.05) is 0 Å². The number of rotatable bonds is 8. The number of halogens is 1. The molecule has 5 rings (SSSR count). The molecule has 1 N–H and O–H groups in total. The lowest BCUT2D eigenvalue weighted by atomic mass is 9.97. The number of aliphatic carboxylic acids is 1. The quantitative estimate of drug-likeness (QED) is 0.224. The molecule has 0 saturated carbocycles. The van der Waals surface area contributed by atoms with Gasteiger partial charge in [-0.3, -0.25) is 0 Å². The molecule has 5 nitrogen and oxygen atoms in total. The molecule has 0 bridgehead atoms. The first-order valence-electron chi connectivity index (χ1n) is 12.5. The van der Waals surface area contributed by atoms with E-state index in [1.165, 1.54) is 5.56 Å². The number of carbonyl (C=O) groups is 1. The maximum atomic E-state index is 11.5. The summed E-state index contributed by atoms with van der Waals surface area (Å²) in [4.78, 5) is 11.5. The number of carboxylic acids is 1. The van der Waals surface area contributed by atoms with Crippen molar-refractivity contribution in [3.8, 4) is 45.1 Å². The standard InChI is InChI=1S/C32H27ClN2O3/c1-3-31(32(36)37)38-26-8-6-7-23(19-26)27-9-4-5-10-28(27)29-20-30(22-13-11-21(2)12-14-22)35(34-29)25-17-15-24(33)16-18-25/h4-20,31H,3H2,1-2H3,(H,36,37). The van der Waals surface area contributed by atoms with Crippen LogP contribution >= 0.6 is 11.6 Å². The van der Waals surface area contributed by atoms with Crippen molar-refractivity contribution >= 4 is 17.6 Å². The molecule has 1 aromatic heterocycles. The molecule has 0 aliphatic heterocycles. The molecule has 6 heteroatoms. The van der Waals surface area contributed by atoms with E-state index >= 15 is 0 Å². The van der Waals surface area contributed by atoms with Crippen molar-refractivity contribution in [3.63, 3.8) is 0 Å². The zero-order valence-corrected chi connectivity index (χ0v) is 21.9. The van der Waals surface area contributed by atoms with Gasteiger partial charge in [0.1, 0.15) is 5.75 Å². The summed E-state index contributed by atoms with van der Waals surface area (Å²) in [5.41, 5.74) is 7.76. The van der Waals surface area contributed by atoms with Crippen LogP contribution in [0.4, 0.5) is 0 Å². The van der Waals surface area contributed by atoms with Crippen LogP contribution in [0.15, 0.2) is 103 Å². The summed E-state index contributed by atoms with van der Waals surface area (Å²) in [7, 11) is 0. The molecular formula is C32H27ClN2O3. The highest BCUT2D eigenvalue weighted by molar-refractivity contribution is 6.30. The second kappa shape index (κ2) is 11.0. The molecule has 0 amide bonds. The predicted molar refractivity (Wildman–Crippen MR) is 152 cm³/mol. The third-order valence-electron chi connectivity index (χ3n) is 6.40. The Morgan fingerprint density at radius 2 is 1.61 bits per heavy atom. The maximum Gasteiger partial charge on any atom is 0.344 e. The summed E-state index contributed by atoms with van der Waals surface area (Å²) in [6, 6.07) is 33.7. The fourth-order valence-corrected chi connectivity index (χ4v) is 4.52. The Balaban J connectivity index is 1.61. The van der Waals surface area contributed by atoms with Crippen LogP contribution < -0.4 is 4.74 Å². The number of nitrogens with zero attached hydrogens (tertiary/aromatic N) is 2. The SMILES string of the molecule is CCC(Oc1cccc(-c2ccccc2-c2cc(-c3ccc(C)cc3)n(-c3ccc(Cl)cc3)n2)c1)C(=O)O. The number of hydrogen-bond donors (Lipinski definition) is 1. The fraction of sp³-hybridized carbons (Fsp3) is 0.125. The van der Waals surface area contributed by atoms with E-state index in [1.807, 2.05) is 71.4 Å². The minimum Gasteiger partial charge on any atom is -0.479 e. The summed E-state index contributed by atoms with van der Waals surface area (Å²) in [5.74, 6) is -0.465. The van der Waals surface area contributed by atoms with E-state index in [4.69, 9.17) is 21.4 Å². The summed E-state index contributed by atoms with van der Waals surface area (Å²) in [5, 5.41) is 15.1. The van der Waals surface area contributed by atoms with Gasteiger partial charge in [0.05, 0.1) is 17.1 Å². The Morgan fingerprint density at radius 1 is 0.895 bits per heavy atom. The van der Waals surface area contributed by atoms with E-state index in [9.17, 15) is 9.90 Å². The molecule has 4 aromatic carbocycles. The van der Waals surface area contributed by atoms with Crippen LogP contribution in [0.25, 0.3) is 39.3 Å². The van der Waals surface area contributed by atoms with Crippen molar-refractivity contribution in [2.45, 2.75) is 26.4 Å². The molecule has 0 aliphatic rings. The van der Waals surface area contributed by atoms with Crippen molar-refractivity contribution in [1.29, 1.82) is 0 Å². The van der Waals surface area contributed by atoms with Crippen LogP contribution in [0.2, 0.25) is 5.02 Å². The predicted octanol–water partition coefficient (Wildman–Crippen LogP) is 8.08. The summed E-state index contributed by atoms with van der Waals surface area (Å²) in [6.45, 7) is 3.86. The highest BCUT2D eigenvalue weighted by Gasteiger charge is 2.19. The lowest BCUT2D eigenvalue weighted by Crippen LogP contribution is -2.25. The van der Waals surface area contributed by atoms with E-state index in [0.29, 0.717) is 17.2 Å². The van der Waals surface area contributed by atoms with E-state index < -0.39 is 12.1 Å². The summed E-state index contributed by atoms with van der Waals surface area (Å²) in [6.07, 6.45) is -0.521. The molecule has 0 aliphatic carbocycles. The maximum absolute atomic E-state index is 11.5. The van der Waals surface area contributed by atoms with E-state index in [2.05, 4.69) is 37.3 Å². The number of aromatic nitrogens is 2. The average molecular weight is 523 g/mol. The third-order valence-corrected chi connectivity index (χ3v) is 6.65. The van der Waals surface area contributed by atoms with Gasteiger partial charge in [0, 0.05) is 16.1 Å². The molecule has 0 fully saturated rings. The molecule has 1 atom stereocenters. The van der Waals surface area contributed by atoms with Crippen molar-refractivity contribution in [1.82, 2.24) is 9.78 Å². The van der Waals surface area contributed by atoms with Gasteiger partial charge in [-0.05, 0) is 66.9 Å². The number of ether oxygens (including phenoxy) is 1. The van der Waals surface area contributed by atoms with Crippen LogP contribution in [0, 0.1) is 6.92 Å². The smallest absolute Gasteiger partial charge is 0.344 e. The molecule has 1 heterocycles. The summed E-state index contributed by atoms with van der Waals surface area (Å²) >= 11 is 6.16. The van der Waals surface area contributed by atoms with E-state index in [-0.39, 0.29) is 0 Å². The fourth-order valence-electron chi connectivity index (χ4n) is 4.39. The monoisotopic (exact) mass is 522 g/mol. The molecule has 0 radical (unpaired) electrons. The first kappa shape index (κ1) is 25.3. The van der Waals surface area contributed by atoms with Crippen LogP contribution in [-0.2, 0) is 4.79 Å². The number of hydrogen-bond acceptors (Lipinski definition) is 3. The van der Waals surface area contributed by atoms with Gasteiger partial charge in [-0.25, -0.2) is 9.48 Å². The van der Waals surface area contributed by atoms with Gasteiger partial charge < -0.3 is 9.84 Å². The normalized spacial score (nSPS) is 11.8. The van der Waals surface area contributed by atoms with Gasteiger partial charge in [-0.15, -0.1) is 0 Å². The Morgan fingerprint density at radius 3 is 2.29 bits per heavy atom. The van der Waals surface area contributed by atoms with Crippen LogP contribution in [0.3, 0.4) is 0 Å². The van der Waals surface area contributed by atoms with Gasteiger partial charge in [0.25, 0.3) is 0 Å². The number of benzene rings is 4. The van der Waals surface area contributed by atoms with Crippen molar-refractivity contribution in [3.05, 3.63) is 114 Å². The highest BCUT2D eigenvalue weighted by atomic mass is 35.5. The highest BCUT2D eigenvalue weighted by Crippen LogP contribution is 2.36. The number of carboxylic acid groups (broad SMARTS) is 1. The first-order valence-corrected chi connectivity index (χ1v) is 12.8. The zero-order chi connectivity index (χ0) is 26.6. The van der Waals surface area contributed by atoms with Crippen LogP contribution in [-0.4, -0.2) is 27.0 Å². The molecule has 5 aromatic rings. The zero-order valence-electron chi connectivity index (χ0n) is 21.1. The summed E-state index contributed by atoms with van der Waals surface area (Å²) < 4.78 is 7.70. The third kappa shape index (κ3) is 5.34. The minimum absolute atomic E-state index is 0.375. The largest absolute Gasteiger partial charge is 0.479 e. The molecule has 0 spiro atoms. The van der Waals surface area contributed by atoms with Crippen molar-refractivity contribution in [2.24, 2.45) is 0 Å². The van der Waals surface area contributed by atoms with Gasteiger partial charge in [0.15, 0.2) is 6.10 Å². The van der Waals surface area contributed by atoms with Crippen LogP contribution in [0.5, 0.6) is 5.75 Å². The molecule has 1 unspecified atom stereocenters. The lowest BCUT2D eigenvalue weighted by molar-refractivity contribution is -0.145. The van der Waals surface area contributed by atoms with Gasteiger partial charge in [0.2, 0.25) is 0 Å². The van der Waals surface area contributed by atoms with Crippen molar-refractivity contribution < 1.29 is 14.6 Å². The Kier molecular flexibility index (Phi) is 7.29. The molecule has 190 valence electrons. The Labute approximate surface area is 226 Å². The first-order chi connectivity index (χ1) is 18.4. The number of aryl methyl sites for hydroxylation is 1. The Bertz CT molecular complexity index is 1510.